The molecule has 3 rings (SSSR count). The fourth-order valence-electron chi connectivity index (χ4n) is 3.26. The van der Waals surface area contributed by atoms with Gasteiger partial charge in [-0.15, -0.1) is 0 Å². The van der Waals surface area contributed by atoms with Crippen molar-refractivity contribution in [3.63, 3.8) is 0 Å². The van der Waals surface area contributed by atoms with Crippen molar-refractivity contribution in [2.24, 2.45) is 0 Å². The van der Waals surface area contributed by atoms with Gasteiger partial charge in [-0.3, -0.25) is 4.98 Å². The number of rotatable bonds is 6. The Balaban J connectivity index is 1.62. The van der Waals surface area contributed by atoms with Crippen molar-refractivity contribution in [3.05, 3.63) is 60.4 Å². The maximum atomic E-state index is 12.8. The predicted molar refractivity (Wildman–Crippen MR) is 98.8 cm³/mol. The number of pyridine rings is 1. The number of aromatic nitrogens is 1. The quantitative estimate of drug-likeness (QED) is 0.795. The average Bonchev–Trinajstić information content (AvgIpc) is 2.67. The Bertz CT molecular complexity index is 766. The van der Waals surface area contributed by atoms with Gasteiger partial charge in [0.05, 0.1) is 4.90 Å². The van der Waals surface area contributed by atoms with Crippen molar-refractivity contribution in [3.8, 4) is 0 Å². The van der Waals surface area contributed by atoms with Crippen LogP contribution in [0.1, 0.15) is 18.5 Å². The minimum absolute atomic E-state index is 0.246. The summed E-state index contributed by atoms with van der Waals surface area (Å²) in [4.78, 5) is 7.00. The highest BCUT2D eigenvalue weighted by atomic mass is 32.2. The molecule has 1 aliphatic rings. The second kappa shape index (κ2) is 8.08. The highest BCUT2D eigenvalue weighted by Gasteiger charge is 2.31. The molecule has 0 saturated carbocycles. The molecular weight excluding hydrogens is 334 g/mol. The van der Waals surface area contributed by atoms with E-state index in [4.69, 9.17) is 0 Å². The van der Waals surface area contributed by atoms with Crippen LogP contribution >= 0.6 is 0 Å². The van der Waals surface area contributed by atoms with Gasteiger partial charge in [0.15, 0.2) is 0 Å². The molecule has 0 amide bonds. The number of benzene rings is 1. The second-order valence-electron chi connectivity index (χ2n) is 6.52. The van der Waals surface area contributed by atoms with Gasteiger partial charge < -0.3 is 4.90 Å². The SMILES string of the molecule is CN(CCc1ccccn1)[C@H]1CCCN(S(=O)(=O)c2ccccc2)C1. The Morgan fingerprint density at radius 3 is 2.64 bits per heavy atom. The molecule has 1 saturated heterocycles. The average molecular weight is 359 g/mol. The van der Waals surface area contributed by atoms with Gasteiger partial charge in [-0.2, -0.15) is 4.31 Å². The molecule has 2 heterocycles. The Morgan fingerprint density at radius 1 is 1.16 bits per heavy atom. The molecule has 1 fully saturated rings. The molecule has 1 aromatic carbocycles. The third-order valence-corrected chi connectivity index (χ3v) is 6.69. The molecule has 0 unspecified atom stereocenters. The van der Waals surface area contributed by atoms with Crippen molar-refractivity contribution < 1.29 is 8.42 Å². The van der Waals surface area contributed by atoms with Gasteiger partial charge in [0, 0.05) is 44.0 Å². The molecule has 6 heteroatoms. The smallest absolute Gasteiger partial charge is 0.243 e. The predicted octanol–water partition coefficient (Wildman–Crippen LogP) is 2.41. The highest BCUT2D eigenvalue weighted by Crippen LogP contribution is 2.22. The maximum absolute atomic E-state index is 12.8. The summed E-state index contributed by atoms with van der Waals surface area (Å²) in [7, 11) is -1.33. The van der Waals surface area contributed by atoms with Crippen molar-refractivity contribution in [1.29, 1.82) is 0 Å². The van der Waals surface area contributed by atoms with E-state index in [0.717, 1.165) is 31.5 Å². The van der Waals surface area contributed by atoms with Crippen molar-refractivity contribution in [2.45, 2.75) is 30.2 Å². The zero-order chi connectivity index (χ0) is 17.7. The van der Waals surface area contributed by atoms with Crippen LogP contribution in [0.2, 0.25) is 0 Å². The normalized spacial score (nSPS) is 19.2. The van der Waals surface area contributed by atoms with E-state index in [-0.39, 0.29) is 6.04 Å². The summed E-state index contributed by atoms with van der Waals surface area (Å²) in [6.07, 6.45) is 4.60. The fraction of sp³-hybridized carbons (Fsp3) is 0.421. The molecule has 1 aromatic heterocycles. The summed E-state index contributed by atoms with van der Waals surface area (Å²) in [5.74, 6) is 0. The third-order valence-electron chi connectivity index (χ3n) is 4.81. The van der Waals surface area contributed by atoms with E-state index < -0.39 is 10.0 Å². The number of nitrogens with zero attached hydrogens (tertiary/aromatic N) is 3. The lowest BCUT2D eigenvalue weighted by atomic mass is 10.1. The van der Waals surface area contributed by atoms with Crippen LogP contribution in [0, 0.1) is 0 Å². The molecule has 1 aliphatic heterocycles. The number of likely N-dealkylation sites (N-methyl/N-ethyl adjacent to an activating group) is 1. The van der Waals surface area contributed by atoms with Crippen molar-refractivity contribution >= 4 is 10.0 Å². The number of sulfonamides is 1. The van der Waals surface area contributed by atoms with Gasteiger partial charge in [0.2, 0.25) is 10.0 Å². The molecule has 2 aromatic rings. The van der Waals surface area contributed by atoms with E-state index in [0.29, 0.717) is 18.0 Å². The van der Waals surface area contributed by atoms with Crippen molar-refractivity contribution in [2.75, 3.05) is 26.7 Å². The number of hydrogen-bond donors (Lipinski definition) is 0. The van der Waals surface area contributed by atoms with Gasteiger partial charge in [-0.05, 0) is 44.2 Å². The molecule has 0 bridgehead atoms. The zero-order valence-corrected chi connectivity index (χ0v) is 15.4. The molecule has 0 aliphatic carbocycles. The first-order chi connectivity index (χ1) is 12.1. The number of hydrogen-bond acceptors (Lipinski definition) is 4. The van der Waals surface area contributed by atoms with E-state index in [1.807, 2.05) is 30.5 Å². The minimum atomic E-state index is -3.40. The van der Waals surface area contributed by atoms with Crippen LogP contribution in [-0.4, -0.2) is 55.3 Å². The Labute approximate surface area is 150 Å². The zero-order valence-electron chi connectivity index (χ0n) is 14.6. The largest absolute Gasteiger partial charge is 0.302 e. The third kappa shape index (κ3) is 4.45. The maximum Gasteiger partial charge on any atom is 0.243 e. The monoisotopic (exact) mass is 359 g/mol. The Kier molecular flexibility index (Phi) is 5.83. The summed E-state index contributed by atoms with van der Waals surface area (Å²) in [6.45, 7) is 2.03. The number of piperidine rings is 1. The Morgan fingerprint density at radius 2 is 1.92 bits per heavy atom. The van der Waals surface area contributed by atoms with Crippen LogP contribution in [0.5, 0.6) is 0 Å². The first-order valence-electron chi connectivity index (χ1n) is 8.73. The highest BCUT2D eigenvalue weighted by molar-refractivity contribution is 7.89. The first-order valence-corrected chi connectivity index (χ1v) is 10.2. The van der Waals surface area contributed by atoms with Crippen LogP contribution in [0.3, 0.4) is 0 Å². The molecular formula is C19H25N3O2S. The van der Waals surface area contributed by atoms with Crippen LogP contribution < -0.4 is 0 Å². The molecule has 0 N–H and O–H groups in total. The summed E-state index contributed by atoms with van der Waals surface area (Å²) in [5, 5.41) is 0. The summed E-state index contributed by atoms with van der Waals surface area (Å²) in [6, 6.07) is 14.9. The summed E-state index contributed by atoms with van der Waals surface area (Å²) >= 11 is 0. The lowest BCUT2D eigenvalue weighted by Gasteiger charge is -2.37. The lowest BCUT2D eigenvalue weighted by Crippen LogP contribution is -2.48. The standard InChI is InChI=1S/C19H25N3O2S/c1-21(15-12-17-8-5-6-13-20-17)18-9-7-14-22(16-18)25(23,24)19-10-3-2-4-11-19/h2-6,8,10-11,13,18H,7,9,12,14-16H2,1H3/t18-/m0/s1. The van der Waals surface area contributed by atoms with E-state index >= 15 is 0 Å². The van der Waals surface area contributed by atoms with Crippen LogP contribution in [0.15, 0.2) is 59.6 Å². The molecule has 134 valence electrons. The van der Waals surface area contributed by atoms with Gasteiger partial charge in [0.1, 0.15) is 0 Å². The van der Waals surface area contributed by atoms with E-state index in [1.54, 1.807) is 28.6 Å². The van der Waals surface area contributed by atoms with Gasteiger partial charge >= 0.3 is 0 Å². The van der Waals surface area contributed by atoms with Gasteiger partial charge in [0.25, 0.3) is 0 Å². The van der Waals surface area contributed by atoms with E-state index in [2.05, 4.69) is 16.9 Å². The molecule has 0 spiro atoms. The summed E-state index contributed by atoms with van der Waals surface area (Å²) < 4.78 is 27.3. The molecule has 0 radical (unpaired) electrons. The van der Waals surface area contributed by atoms with Crippen LogP contribution in [0.25, 0.3) is 0 Å². The van der Waals surface area contributed by atoms with Gasteiger partial charge in [-0.1, -0.05) is 24.3 Å². The summed E-state index contributed by atoms with van der Waals surface area (Å²) in [5.41, 5.74) is 1.07. The van der Waals surface area contributed by atoms with E-state index in [1.165, 1.54) is 0 Å². The topological polar surface area (TPSA) is 53.5 Å². The molecule has 5 nitrogen and oxygen atoms in total. The van der Waals surface area contributed by atoms with Gasteiger partial charge in [-0.25, -0.2) is 8.42 Å². The van der Waals surface area contributed by atoms with Crippen LogP contribution in [-0.2, 0) is 16.4 Å². The Hall–Kier alpha value is -1.76. The van der Waals surface area contributed by atoms with Crippen molar-refractivity contribution in [1.82, 2.24) is 14.2 Å². The lowest BCUT2D eigenvalue weighted by molar-refractivity contribution is 0.164. The second-order valence-corrected chi connectivity index (χ2v) is 8.46. The molecule has 1 atom stereocenters. The van der Waals surface area contributed by atoms with Crippen LogP contribution in [0.4, 0.5) is 0 Å². The fourth-order valence-corrected chi connectivity index (χ4v) is 4.80. The minimum Gasteiger partial charge on any atom is -0.302 e. The first kappa shape index (κ1) is 18.0. The molecule has 25 heavy (non-hydrogen) atoms. The van der Waals surface area contributed by atoms with E-state index in [9.17, 15) is 8.42 Å².